The molecule has 2 atom stereocenters. The van der Waals surface area contributed by atoms with Crippen molar-refractivity contribution in [1.82, 2.24) is 15.2 Å². The first kappa shape index (κ1) is 21.2. The summed E-state index contributed by atoms with van der Waals surface area (Å²) in [5, 5.41) is 4.71. The molecule has 4 nitrogen and oxygen atoms in total. The van der Waals surface area contributed by atoms with Crippen molar-refractivity contribution in [3.63, 3.8) is 0 Å². The highest BCUT2D eigenvalue weighted by Crippen LogP contribution is 2.32. The van der Waals surface area contributed by atoms with Gasteiger partial charge in [0.05, 0.1) is 5.01 Å². The van der Waals surface area contributed by atoms with Crippen LogP contribution in [0.15, 0.2) is 41.5 Å². The van der Waals surface area contributed by atoms with Gasteiger partial charge in [-0.15, -0.1) is 35.3 Å². The topological polar surface area (TPSA) is 40.5 Å². The molecule has 3 rings (SSSR count). The average Bonchev–Trinajstić information content (AvgIpc) is 3.04. The summed E-state index contributed by atoms with van der Waals surface area (Å²) >= 11 is 1.78. The molecule has 0 saturated carbocycles. The summed E-state index contributed by atoms with van der Waals surface area (Å²) < 4.78 is 0. The van der Waals surface area contributed by atoms with Gasteiger partial charge in [-0.3, -0.25) is 4.99 Å². The standard InChI is InChI=1S/C20H28N4S.HI/c1-15-14-24(12-10-18(15)17-7-5-4-6-8-17)20(21-3)22-11-9-19-23-13-16(2)25-19;/h4-8,13,15,18H,9-12,14H2,1-3H3,(H,21,22);1H. The highest BCUT2D eigenvalue weighted by molar-refractivity contribution is 14.0. The molecule has 2 unspecified atom stereocenters. The summed E-state index contributed by atoms with van der Waals surface area (Å²) in [6.07, 6.45) is 4.08. The number of nitrogens with zero attached hydrogens (tertiary/aromatic N) is 3. The fourth-order valence-electron chi connectivity index (χ4n) is 3.66. The number of nitrogens with one attached hydrogen (secondary N) is 1. The summed E-state index contributed by atoms with van der Waals surface area (Å²) in [7, 11) is 1.88. The zero-order valence-electron chi connectivity index (χ0n) is 15.8. The van der Waals surface area contributed by atoms with Crippen LogP contribution >= 0.6 is 35.3 Å². The Labute approximate surface area is 178 Å². The molecule has 2 heterocycles. The normalized spacial score (nSPS) is 20.6. The van der Waals surface area contributed by atoms with Crippen molar-refractivity contribution in [3.8, 4) is 0 Å². The fourth-order valence-corrected chi connectivity index (χ4v) is 4.45. The van der Waals surface area contributed by atoms with Crippen LogP contribution in [0.5, 0.6) is 0 Å². The first-order chi connectivity index (χ1) is 12.2. The van der Waals surface area contributed by atoms with Crippen LogP contribution in [-0.2, 0) is 6.42 Å². The second kappa shape index (κ2) is 10.3. The molecule has 1 aromatic carbocycles. The number of benzene rings is 1. The zero-order valence-corrected chi connectivity index (χ0v) is 19.0. The Morgan fingerprint density at radius 3 is 2.73 bits per heavy atom. The van der Waals surface area contributed by atoms with E-state index in [0.717, 1.165) is 32.0 Å². The number of guanidine groups is 1. The Morgan fingerprint density at radius 1 is 1.35 bits per heavy atom. The second-order valence-corrected chi connectivity index (χ2v) is 8.14. The number of piperidine rings is 1. The minimum Gasteiger partial charge on any atom is -0.356 e. The number of rotatable bonds is 4. The lowest BCUT2D eigenvalue weighted by Crippen LogP contribution is -2.48. The maximum absolute atomic E-state index is 4.49. The van der Waals surface area contributed by atoms with Crippen LogP contribution < -0.4 is 5.32 Å². The number of likely N-dealkylation sites (tertiary alicyclic amines) is 1. The van der Waals surface area contributed by atoms with Gasteiger partial charge in [-0.25, -0.2) is 4.98 Å². The van der Waals surface area contributed by atoms with E-state index in [0.29, 0.717) is 11.8 Å². The number of aryl methyl sites for hydroxylation is 1. The zero-order chi connectivity index (χ0) is 17.6. The molecule has 2 aromatic rings. The van der Waals surface area contributed by atoms with Gasteiger partial charge in [0.2, 0.25) is 0 Å². The van der Waals surface area contributed by atoms with Crippen LogP contribution in [0.4, 0.5) is 0 Å². The van der Waals surface area contributed by atoms with Gasteiger partial charge in [0, 0.05) is 44.2 Å². The first-order valence-electron chi connectivity index (χ1n) is 9.09. The van der Waals surface area contributed by atoms with E-state index in [1.807, 2.05) is 13.2 Å². The summed E-state index contributed by atoms with van der Waals surface area (Å²) in [4.78, 5) is 12.6. The van der Waals surface area contributed by atoms with Crippen molar-refractivity contribution in [1.29, 1.82) is 0 Å². The van der Waals surface area contributed by atoms with Crippen molar-refractivity contribution in [2.45, 2.75) is 32.6 Å². The molecule has 0 aliphatic carbocycles. The third kappa shape index (κ3) is 5.42. The van der Waals surface area contributed by atoms with E-state index < -0.39 is 0 Å². The van der Waals surface area contributed by atoms with Gasteiger partial charge in [-0.2, -0.15) is 0 Å². The molecule has 6 heteroatoms. The molecule has 1 aromatic heterocycles. The fraction of sp³-hybridized carbons (Fsp3) is 0.500. The Morgan fingerprint density at radius 2 is 2.12 bits per heavy atom. The third-order valence-corrected chi connectivity index (χ3v) is 5.91. The molecule has 1 saturated heterocycles. The number of hydrogen-bond donors (Lipinski definition) is 1. The van der Waals surface area contributed by atoms with Crippen molar-refractivity contribution in [2.75, 3.05) is 26.7 Å². The van der Waals surface area contributed by atoms with Gasteiger partial charge in [0.25, 0.3) is 0 Å². The van der Waals surface area contributed by atoms with Crippen molar-refractivity contribution in [3.05, 3.63) is 52.0 Å². The number of thiazole rings is 1. The summed E-state index contributed by atoms with van der Waals surface area (Å²) in [5.74, 6) is 2.29. The van der Waals surface area contributed by atoms with E-state index in [1.54, 1.807) is 11.3 Å². The van der Waals surface area contributed by atoms with E-state index in [9.17, 15) is 0 Å². The Kier molecular flexibility index (Phi) is 8.34. The minimum atomic E-state index is 0. The number of halogens is 1. The number of aliphatic imine (C=N–C) groups is 1. The smallest absolute Gasteiger partial charge is 0.193 e. The van der Waals surface area contributed by atoms with Crippen LogP contribution in [0.25, 0.3) is 0 Å². The molecule has 0 radical (unpaired) electrons. The Balaban J connectivity index is 0.00000243. The second-order valence-electron chi connectivity index (χ2n) is 6.82. The summed E-state index contributed by atoms with van der Waals surface area (Å²) in [5.41, 5.74) is 1.47. The van der Waals surface area contributed by atoms with Gasteiger partial charge in [-0.05, 0) is 30.7 Å². The van der Waals surface area contributed by atoms with Crippen molar-refractivity contribution in [2.24, 2.45) is 10.9 Å². The van der Waals surface area contributed by atoms with Crippen LogP contribution in [-0.4, -0.2) is 42.5 Å². The molecular weight excluding hydrogens is 455 g/mol. The van der Waals surface area contributed by atoms with E-state index in [2.05, 4.69) is 64.4 Å². The lowest BCUT2D eigenvalue weighted by atomic mass is 9.82. The van der Waals surface area contributed by atoms with E-state index >= 15 is 0 Å². The minimum absolute atomic E-state index is 0. The average molecular weight is 484 g/mol. The molecular formula is C20H29IN4S. The van der Waals surface area contributed by atoms with Crippen LogP contribution in [0.3, 0.4) is 0 Å². The molecule has 1 N–H and O–H groups in total. The maximum Gasteiger partial charge on any atom is 0.193 e. The van der Waals surface area contributed by atoms with E-state index in [1.165, 1.54) is 21.9 Å². The third-order valence-electron chi connectivity index (χ3n) is 4.94. The number of aromatic nitrogens is 1. The number of hydrogen-bond acceptors (Lipinski definition) is 3. The Hall–Kier alpha value is -1.15. The maximum atomic E-state index is 4.49. The van der Waals surface area contributed by atoms with Gasteiger partial charge in [0.1, 0.15) is 0 Å². The van der Waals surface area contributed by atoms with Gasteiger partial charge in [-0.1, -0.05) is 37.3 Å². The monoisotopic (exact) mass is 484 g/mol. The largest absolute Gasteiger partial charge is 0.356 e. The molecule has 1 aliphatic heterocycles. The summed E-state index contributed by atoms with van der Waals surface area (Å²) in [6, 6.07) is 10.9. The van der Waals surface area contributed by atoms with Crippen LogP contribution in [0.2, 0.25) is 0 Å². The predicted octanol–water partition coefficient (Wildman–Crippen LogP) is 4.31. The van der Waals surface area contributed by atoms with Crippen molar-refractivity contribution >= 4 is 41.3 Å². The summed E-state index contributed by atoms with van der Waals surface area (Å²) in [6.45, 7) is 7.45. The molecule has 0 spiro atoms. The van der Waals surface area contributed by atoms with Gasteiger partial charge >= 0.3 is 0 Å². The highest BCUT2D eigenvalue weighted by atomic mass is 127. The van der Waals surface area contributed by atoms with E-state index in [4.69, 9.17) is 0 Å². The van der Waals surface area contributed by atoms with Crippen LogP contribution in [0, 0.1) is 12.8 Å². The molecule has 1 fully saturated rings. The quantitative estimate of drug-likeness (QED) is 0.400. The molecule has 1 aliphatic rings. The van der Waals surface area contributed by atoms with Crippen LogP contribution in [0.1, 0.15) is 34.7 Å². The Bertz CT molecular complexity index is 701. The molecule has 0 amide bonds. The van der Waals surface area contributed by atoms with Gasteiger partial charge in [0.15, 0.2) is 5.96 Å². The van der Waals surface area contributed by atoms with Crippen molar-refractivity contribution < 1.29 is 0 Å². The molecule has 0 bridgehead atoms. The lowest BCUT2D eigenvalue weighted by molar-refractivity contribution is 0.234. The molecule has 26 heavy (non-hydrogen) atoms. The predicted molar refractivity (Wildman–Crippen MR) is 122 cm³/mol. The first-order valence-corrected chi connectivity index (χ1v) is 9.91. The van der Waals surface area contributed by atoms with Gasteiger partial charge < -0.3 is 10.2 Å². The van der Waals surface area contributed by atoms with E-state index in [-0.39, 0.29) is 24.0 Å². The SMILES string of the molecule is CN=C(NCCc1ncc(C)s1)N1CCC(c2ccccc2)C(C)C1.I. The highest BCUT2D eigenvalue weighted by Gasteiger charge is 2.28. The lowest BCUT2D eigenvalue weighted by Gasteiger charge is -2.38. The molecule has 142 valence electrons.